The highest BCUT2D eigenvalue weighted by molar-refractivity contribution is 5.86. The molecule has 1 aromatic carbocycles. The molecule has 2 saturated carbocycles. The van der Waals surface area contributed by atoms with Crippen molar-refractivity contribution in [2.75, 3.05) is 12.3 Å². The lowest BCUT2D eigenvalue weighted by Gasteiger charge is -2.46. The van der Waals surface area contributed by atoms with Crippen LogP contribution in [0, 0.1) is 18.8 Å². The SMILES string of the molecule is Cc1cc2[nH]c(CCC3CC(N(C[C@H]4C[C@@H](n5ccc6c(N)ncnc65)[C@H](O)[C@@H]4O)C(C)C)C3)nc2cc1C(F)(F)F. The Morgan fingerprint density at radius 3 is 2.62 bits per heavy atom. The summed E-state index contributed by atoms with van der Waals surface area (Å²) in [4.78, 5) is 18.5. The van der Waals surface area contributed by atoms with Gasteiger partial charge in [-0.15, -0.1) is 0 Å². The van der Waals surface area contributed by atoms with Crippen LogP contribution in [0.1, 0.15) is 62.5 Å². The number of aliphatic hydroxyl groups excluding tert-OH is 2. The Kier molecular flexibility index (Phi) is 7.43. The first-order valence-corrected chi connectivity index (χ1v) is 14.7. The highest BCUT2D eigenvalue weighted by atomic mass is 19.4. The monoisotopic (exact) mass is 585 g/mol. The van der Waals surface area contributed by atoms with Crippen molar-refractivity contribution in [2.24, 2.45) is 11.8 Å². The van der Waals surface area contributed by atoms with Crippen LogP contribution >= 0.6 is 0 Å². The molecule has 9 nitrogen and oxygen atoms in total. The summed E-state index contributed by atoms with van der Waals surface area (Å²) in [6.07, 6.45) is 1.36. The lowest BCUT2D eigenvalue weighted by atomic mass is 9.76. The molecule has 3 aromatic heterocycles. The molecule has 0 radical (unpaired) electrons. The van der Waals surface area contributed by atoms with Gasteiger partial charge < -0.3 is 25.5 Å². The van der Waals surface area contributed by atoms with E-state index in [1.807, 2.05) is 16.8 Å². The van der Waals surface area contributed by atoms with E-state index in [2.05, 4.69) is 38.7 Å². The fraction of sp³-hybridized carbons (Fsp3) is 0.567. The minimum Gasteiger partial charge on any atom is -0.390 e. The minimum atomic E-state index is -4.39. The summed E-state index contributed by atoms with van der Waals surface area (Å²) in [5, 5.41) is 22.8. The van der Waals surface area contributed by atoms with E-state index < -0.39 is 23.9 Å². The Morgan fingerprint density at radius 2 is 1.90 bits per heavy atom. The number of anilines is 1. The van der Waals surface area contributed by atoms with Crippen molar-refractivity contribution >= 4 is 27.9 Å². The van der Waals surface area contributed by atoms with Gasteiger partial charge in [-0.2, -0.15) is 13.2 Å². The number of nitrogens with zero attached hydrogens (tertiary/aromatic N) is 5. The van der Waals surface area contributed by atoms with Gasteiger partial charge in [0.2, 0.25) is 0 Å². The number of aromatic nitrogens is 5. The molecular weight excluding hydrogens is 547 g/mol. The van der Waals surface area contributed by atoms with Crippen LogP contribution in [0.2, 0.25) is 0 Å². The predicted molar refractivity (Wildman–Crippen MR) is 154 cm³/mol. The zero-order valence-electron chi connectivity index (χ0n) is 24.0. The van der Waals surface area contributed by atoms with Crippen LogP contribution in [0.3, 0.4) is 0 Å². The number of nitrogens with two attached hydrogens (primary N) is 1. The molecule has 0 saturated heterocycles. The smallest absolute Gasteiger partial charge is 0.390 e. The topological polar surface area (TPSA) is 129 Å². The molecule has 0 bridgehead atoms. The number of hydrogen-bond acceptors (Lipinski definition) is 7. The number of fused-ring (bicyclic) bond motifs is 2. The number of benzene rings is 1. The Hall–Kier alpha value is -3.22. The van der Waals surface area contributed by atoms with Crippen molar-refractivity contribution < 1.29 is 23.4 Å². The van der Waals surface area contributed by atoms with E-state index in [-0.39, 0.29) is 23.6 Å². The number of H-pyrrole nitrogens is 1. The van der Waals surface area contributed by atoms with Gasteiger partial charge in [0.05, 0.1) is 34.1 Å². The molecule has 6 rings (SSSR count). The number of alkyl halides is 3. The number of hydrogen-bond donors (Lipinski definition) is 4. The first-order valence-electron chi connectivity index (χ1n) is 14.7. The third-order valence-electron chi connectivity index (χ3n) is 9.43. The Balaban J connectivity index is 1.06. The van der Waals surface area contributed by atoms with Crippen LogP contribution in [0.4, 0.5) is 19.0 Å². The van der Waals surface area contributed by atoms with Crippen molar-refractivity contribution in [3.8, 4) is 0 Å². The summed E-state index contributed by atoms with van der Waals surface area (Å²) >= 11 is 0. The van der Waals surface area contributed by atoms with Gasteiger partial charge in [-0.25, -0.2) is 15.0 Å². The van der Waals surface area contributed by atoms with Gasteiger partial charge in [0, 0.05) is 37.2 Å². The quantitative estimate of drug-likeness (QED) is 0.238. The van der Waals surface area contributed by atoms with Crippen molar-refractivity contribution in [3.63, 3.8) is 0 Å². The van der Waals surface area contributed by atoms with E-state index in [0.717, 1.165) is 30.7 Å². The van der Waals surface area contributed by atoms with Gasteiger partial charge >= 0.3 is 6.18 Å². The molecule has 12 heteroatoms. The second-order valence-corrected chi connectivity index (χ2v) is 12.4. The molecule has 42 heavy (non-hydrogen) atoms. The summed E-state index contributed by atoms with van der Waals surface area (Å²) < 4.78 is 41.8. The van der Waals surface area contributed by atoms with Crippen molar-refractivity contribution in [2.45, 2.75) is 89.4 Å². The van der Waals surface area contributed by atoms with Gasteiger partial charge in [-0.05, 0) is 76.1 Å². The first-order chi connectivity index (χ1) is 19.9. The molecule has 2 aliphatic carbocycles. The van der Waals surface area contributed by atoms with E-state index in [1.54, 1.807) is 0 Å². The third-order valence-corrected chi connectivity index (χ3v) is 9.43. The molecule has 0 spiro atoms. The Labute approximate surface area is 242 Å². The van der Waals surface area contributed by atoms with Crippen LogP contribution < -0.4 is 5.73 Å². The number of nitrogens with one attached hydrogen (secondary N) is 1. The summed E-state index contributed by atoms with van der Waals surface area (Å²) in [6, 6.07) is 4.85. The van der Waals surface area contributed by atoms with Gasteiger partial charge in [-0.1, -0.05) is 0 Å². The van der Waals surface area contributed by atoms with E-state index >= 15 is 0 Å². The van der Waals surface area contributed by atoms with Crippen molar-refractivity contribution in [3.05, 3.63) is 47.7 Å². The Bertz CT molecular complexity index is 1580. The summed E-state index contributed by atoms with van der Waals surface area (Å²) in [7, 11) is 0. The minimum absolute atomic E-state index is 0.0938. The number of imidazole rings is 1. The molecule has 0 amide bonds. The second kappa shape index (κ2) is 10.8. The third kappa shape index (κ3) is 5.24. The number of rotatable bonds is 8. The molecule has 4 aromatic rings. The van der Waals surface area contributed by atoms with Gasteiger partial charge in [0.1, 0.15) is 29.7 Å². The van der Waals surface area contributed by atoms with Crippen LogP contribution in [0.25, 0.3) is 22.1 Å². The van der Waals surface area contributed by atoms with E-state index in [1.165, 1.54) is 19.3 Å². The van der Waals surface area contributed by atoms with E-state index in [9.17, 15) is 23.4 Å². The number of aromatic amines is 1. The number of aryl methyl sites for hydroxylation is 2. The lowest BCUT2D eigenvalue weighted by molar-refractivity contribution is -0.137. The summed E-state index contributed by atoms with van der Waals surface area (Å²) in [6.45, 7) is 6.47. The molecule has 2 aliphatic rings. The molecular formula is C30H38F3N7O2. The average Bonchev–Trinajstić information content (AvgIpc) is 3.58. The standard InChI is InChI=1S/C30H38F3N7O2/c1-15(2)40(13-18-11-24(27(42)26(18)41)39-7-6-20-28(34)35-14-36-29(20)39)19-9-17(10-19)4-5-25-37-22-8-16(3)21(30(31,32)33)12-23(22)38-25/h6-8,12,14-15,17-19,24,26-27,41-42H,4-5,9-11,13H2,1-3H3,(H,37,38)(H2,34,35,36)/t17?,18-,19?,24-,26-,27+/m1/s1. The highest BCUT2D eigenvalue weighted by Crippen LogP contribution is 2.41. The molecule has 226 valence electrons. The normalized spacial score (nSPS) is 26.6. The Morgan fingerprint density at radius 1 is 1.14 bits per heavy atom. The van der Waals surface area contributed by atoms with Crippen LogP contribution in [0.5, 0.6) is 0 Å². The van der Waals surface area contributed by atoms with Gasteiger partial charge in [0.25, 0.3) is 0 Å². The molecule has 5 N–H and O–H groups in total. The molecule has 4 atom stereocenters. The fourth-order valence-corrected chi connectivity index (χ4v) is 7.06. The maximum absolute atomic E-state index is 13.3. The first kappa shape index (κ1) is 28.9. The van der Waals surface area contributed by atoms with Crippen molar-refractivity contribution in [1.29, 1.82) is 0 Å². The number of nitrogen functional groups attached to an aromatic ring is 1. The van der Waals surface area contributed by atoms with Gasteiger partial charge in [0.15, 0.2) is 0 Å². The number of halogens is 3. The zero-order chi connectivity index (χ0) is 29.9. The average molecular weight is 586 g/mol. The van der Waals surface area contributed by atoms with Crippen molar-refractivity contribution in [1.82, 2.24) is 29.4 Å². The molecule has 3 heterocycles. The van der Waals surface area contributed by atoms with E-state index in [4.69, 9.17) is 5.73 Å². The van der Waals surface area contributed by atoms with E-state index in [0.29, 0.717) is 59.7 Å². The summed E-state index contributed by atoms with van der Waals surface area (Å²) in [5.74, 6) is 1.51. The van der Waals surface area contributed by atoms with Crippen LogP contribution in [-0.2, 0) is 12.6 Å². The molecule has 0 aliphatic heterocycles. The van der Waals surface area contributed by atoms with Crippen LogP contribution in [0.15, 0.2) is 30.7 Å². The zero-order valence-corrected chi connectivity index (χ0v) is 24.0. The second-order valence-electron chi connectivity index (χ2n) is 12.4. The van der Waals surface area contributed by atoms with Gasteiger partial charge in [-0.3, -0.25) is 4.90 Å². The number of aliphatic hydroxyl groups is 2. The largest absolute Gasteiger partial charge is 0.416 e. The summed E-state index contributed by atoms with van der Waals surface area (Å²) in [5.41, 5.74) is 7.17. The predicted octanol–water partition coefficient (Wildman–Crippen LogP) is 4.62. The maximum Gasteiger partial charge on any atom is 0.416 e. The molecule has 0 unspecified atom stereocenters. The van der Waals surface area contributed by atoms with Crippen LogP contribution in [-0.4, -0.2) is 70.5 Å². The molecule has 2 fully saturated rings. The highest BCUT2D eigenvalue weighted by Gasteiger charge is 2.45. The fourth-order valence-electron chi connectivity index (χ4n) is 7.06. The maximum atomic E-state index is 13.3. The lowest BCUT2D eigenvalue weighted by Crippen LogP contribution is -2.51.